The minimum atomic E-state index is -3.65. The number of carbonyl (C=O) groups excluding carboxylic acids is 2. The Balaban J connectivity index is 2.35. The van der Waals surface area contributed by atoms with E-state index in [4.69, 9.17) is 15.2 Å². The molecule has 9 heteroatoms. The van der Waals surface area contributed by atoms with Crippen LogP contribution in [0.1, 0.15) is 44.0 Å². The SMILES string of the molecule is COC(=O)c1c(N2CCC(C(=O)OC(C)(C)C)CC2N)cccc1S(C)(=O)=O. The van der Waals surface area contributed by atoms with Crippen molar-refractivity contribution in [1.82, 2.24) is 0 Å². The number of ether oxygens (including phenoxy) is 2. The molecule has 0 amide bonds. The Hall–Kier alpha value is -2.13. The van der Waals surface area contributed by atoms with Crippen LogP contribution in [0.15, 0.2) is 23.1 Å². The first-order valence-corrected chi connectivity index (χ1v) is 10.9. The Morgan fingerprint density at radius 1 is 1.25 bits per heavy atom. The number of hydrogen-bond acceptors (Lipinski definition) is 8. The lowest BCUT2D eigenvalue weighted by atomic mass is 9.93. The van der Waals surface area contributed by atoms with Gasteiger partial charge in [0.2, 0.25) is 0 Å². The van der Waals surface area contributed by atoms with Gasteiger partial charge >= 0.3 is 11.9 Å². The van der Waals surface area contributed by atoms with Crippen LogP contribution in [0.3, 0.4) is 0 Å². The summed E-state index contributed by atoms with van der Waals surface area (Å²) in [6, 6.07) is 4.56. The monoisotopic (exact) mass is 412 g/mol. The van der Waals surface area contributed by atoms with Crippen LogP contribution in [0.2, 0.25) is 0 Å². The van der Waals surface area contributed by atoms with E-state index in [1.807, 2.05) is 0 Å². The molecule has 2 unspecified atom stereocenters. The molecule has 28 heavy (non-hydrogen) atoms. The van der Waals surface area contributed by atoms with Gasteiger partial charge in [0.15, 0.2) is 9.84 Å². The number of methoxy groups -OCH3 is 1. The van der Waals surface area contributed by atoms with Gasteiger partial charge < -0.3 is 20.1 Å². The zero-order valence-corrected chi connectivity index (χ0v) is 17.7. The molecule has 1 aromatic carbocycles. The highest BCUT2D eigenvalue weighted by atomic mass is 32.2. The van der Waals surface area contributed by atoms with Gasteiger partial charge in [-0.15, -0.1) is 0 Å². The molecule has 1 saturated heterocycles. The Kier molecular flexibility index (Phi) is 6.40. The second kappa shape index (κ2) is 8.08. The highest BCUT2D eigenvalue weighted by Gasteiger charge is 2.35. The molecule has 1 heterocycles. The Morgan fingerprint density at radius 2 is 1.89 bits per heavy atom. The lowest BCUT2D eigenvalue weighted by Crippen LogP contribution is -2.50. The van der Waals surface area contributed by atoms with Crippen molar-refractivity contribution in [3.63, 3.8) is 0 Å². The number of nitrogens with two attached hydrogens (primary N) is 1. The predicted molar refractivity (Wildman–Crippen MR) is 105 cm³/mol. The van der Waals surface area contributed by atoms with Crippen LogP contribution in [0, 0.1) is 5.92 Å². The third kappa shape index (κ3) is 5.02. The van der Waals surface area contributed by atoms with Crippen LogP contribution in [0.5, 0.6) is 0 Å². The molecule has 1 aliphatic rings. The highest BCUT2D eigenvalue weighted by molar-refractivity contribution is 7.90. The normalized spacial score (nSPS) is 20.6. The van der Waals surface area contributed by atoms with E-state index >= 15 is 0 Å². The van der Waals surface area contributed by atoms with E-state index in [0.717, 1.165) is 6.26 Å². The minimum absolute atomic E-state index is 0.0429. The molecule has 0 aliphatic carbocycles. The van der Waals surface area contributed by atoms with Gasteiger partial charge in [-0.05, 0) is 45.7 Å². The fraction of sp³-hybridized carbons (Fsp3) is 0.579. The number of sulfone groups is 1. The summed E-state index contributed by atoms with van der Waals surface area (Å²) in [5.74, 6) is -1.41. The molecule has 0 spiro atoms. The molecule has 0 bridgehead atoms. The topological polar surface area (TPSA) is 116 Å². The van der Waals surface area contributed by atoms with Crippen molar-refractivity contribution in [2.75, 3.05) is 24.8 Å². The number of piperidine rings is 1. The number of benzene rings is 1. The zero-order valence-electron chi connectivity index (χ0n) is 16.9. The van der Waals surface area contributed by atoms with Crippen LogP contribution in [-0.2, 0) is 24.1 Å². The molecule has 8 nitrogen and oxygen atoms in total. The maximum absolute atomic E-state index is 12.4. The van der Waals surface area contributed by atoms with Gasteiger partial charge in [0.05, 0.1) is 29.8 Å². The van der Waals surface area contributed by atoms with Gasteiger partial charge in [-0.25, -0.2) is 13.2 Å². The summed E-state index contributed by atoms with van der Waals surface area (Å²) >= 11 is 0. The standard InChI is InChI=1S/C19H28N2O6S/c1-19(2,3)27-17(22)12-9-10-21(15(20)11-12)13-7-6-8-14(28(5,24)25)16(13)18(23)26-4/h6-8,12,15H,9-11,20H2,1-5H3. The summed E-state index contributed by atoms with van der Waals surface area (Å²) in [4.78, 5) is 26.3. The van der Waals surface area contributed by atoms with E-state index in [0.29, 0.717) is 25.1 Å². The molecule has 1 aliphatic heterocycles. The first-order chi connectivity index (χ1) is 12.8. The molecule has 0 saturated carbocycles. The molecule has 1 aromatic rings. The summed E-state index contributed by atoms with van der Waals surface area (Å²) in [7, 11) is -2.46. The van der Waals surface area contributed by atoms with Crippen LogP contribution >= 0.6 is 0 Å². The fourth-order valence-corrected chi connectivity index (χ4v) is 4.16. The van der Waals surface area contributed by atoms with Gasteiger partial charge in [-0.2, -0.15) is 0 Å². The molecule has 2 N–H and O–H groups in total. The van der Waals surface area contributed by atoms with Gasteiger partial charge in [-0.3, -0.25) is 4.79 Å². The Morgan fingerprint density at radius 3 is 2.39 bits per heavy atom. The van der Waals surface area contributed by atoms with Crippen molar-refractivity contribution in [2.24, 2.45) is 11.7 Å². The van der Waals surface area contributed by atoms with E-state index in [2.05, 4.69) is 0 Å². The van der Waals surface area contributed by atoms with E-state index < -0.39 is 27.6 Å². The number of rotatable bonds is 4. The van der Waals surface area contributed by atoms with Crippen molar-refractivity contribution in [3.8, 4) is 0 Å². The Labute approximate surface area is 165 Å². The molecular formula is C19H28N2O6S. The van der Waals surface area contributed by atoms with E-state index in [1.165, 1.54) is 13.2 Å². The lowest BCUT2D eigenvalue weighted by Gasteiger charge is -2.39. The molecule has 1 fully saturated rings. The average molecular weight is 413 g/mol. The van der Waals surface area contributed by atoms with E-state index in [-0.39, 0.29) is 22.3 Å². The maximum atomic E-state index is 12.4. The third-order valence-electron chi connectivity index (χ3n) is 4.49. The number of carbonyl (C=O) groups is 2. The van der Waals surface area contributed by atoms with Gasteiger partial charge in [0.25, 0.3) is 0 Å². The summed E-state index contributed by atoms with van der Waals surface area (Å²) < 4.78 is 34.5. The van der Waals surface area contributed by atoms with Crippen LogP contribution in [0.4, 0.5) is 5.69 Å². The van der Waals surface area contributed by atoms with Crippen molar-refractivity contribution in [3.05, 3.63) is 23.8 Å². The molecule has 156 valence electrons. The summed E-state index contributed by atoms with van der Waals surface area (Å²) in [5.41, 5.74) is 6.04. The summed E-state index contributed by atoms with van der Waals surface area (Å²) in [6.45, 7) is 5.79. The maximum Gasteiger partial charge on any atom is 0.341 e. The number of hydrogen-bond donors (Lipinski definition) is 1. The van der Waals surface area contributed by atoms with E-state index in [1.54, 1.807) is 37.8 Å². The van der Waals surface area contributed by atoms with Crippen molar-refractivity contribution >= 4 is 27.5 Å². The number of esters is 2. The molecule has 0 aromatic heterocycles. The van der Waals surface area contributed by atoms with Crippen molar-refractivity contribution < 1.29 is 27.5 Å². The van der Waals surface area contributed by atoms with Crippen molar-refractivity contribution in [1.29, 1.82) is 0 Å². The first-order valence-electron chi connectivity index (χ1n) is 9.01. The number of anilines is 1. The molecule has 2 atom stereocenters. The zero-order chi connectivity index (χ0) is 21.3. The van der Waals surface area contributed by atoms with E-state index in [9.17, 15) is 18.0 Å². The number of nitrogens with zero attached hydrogens (tertiary/aromatic N) is 1. The lowest BCUT2D eigenvalue weighted by molar-refractivity contribution is -0.161. The largest absolute Gasteiger partial charge is 0.465 e. The van der Waals surface area contributed by atoms with Gasteiger partial charge in [-0.1, -0.05) is 6.07 Å². The second-order valence-electron chi connectivity index (χ2n) is 7.93. The van der Waals surface area contributed by atoms with Gasteiger partial charge in [0.1, 0.15) is 11.2 Å². The highest BCUT2D eigenvalue weighted by Crippen LogP contribution is 2.33. The minimum Gasteiger partial charge on any atom is -0.465 e. The van der Waals surface area contributed by atoms with Crippen LogP contribution in [-0.4, -0.2) is 52.0 Å². The second-order valence-corrected chi connectivity index (χ2v) is 9.91. The Bertz CT molecular complexity index is 860. The predicted octanol–water partition coefficient (Wildman–Crippen LogP) is 1.72. The third-order valence-corrected chi connectivity index (χ3v) is 5.63. The van der Waals surface area contributed by atoms with Gasteiger partial charge in [0, 0.05) is 12.8 Å². The molecular weight excluding hydrogens is 384 g/mol. The van der Waals surface area contributed by atoms with Crippen molar-refractivity contribution in [2.45, 2.75) is 50.3 Å². The van der Waals surface area contributed by atoms with Crippen LogP contribution in [0.25, 0.3) is 0 Å². The van der Waals surface area contributed by atoms with Crippen LogP contribution < -0.4 is 10.6 Å². The summed E-state index contributed by atoms with van der Waals surface area (Å²) in [6.07, 6.45) is 1.27. The summed E-state index contributed by atoms with van der Waals surface area (Å²) in [5, 5.41) is 0. The molecule has 2 rings (SSSR count). The smallest absolute Gasteiger partial charge is 0.341 e. The first kappa shape index (κ1) is 22.2. The quantitative estimate of drug-likeness (QED) is 0.743. The fourth-order valence-electron chi connectivity index (χ4n) is 3.27. The molecule has 0 radical (unpaired) electrons. The average Bonchev–Trinajstić information content (AvgIpc) is 2.58.